The van der Waals surface area contributed by atoms with Crippen molar-refractivity contribution in [3.8, 4) is 0 Å². The van der Waals surface area contributed by atoms with Crippen molar-refractivity contribution < 1.29 is 22.7 Å². The van der Waals surface area contributed by atoms with Gasteiger partial charge in [0.1, 0.15) is 16.6 Å². The van der Waals surface area contributed by atoms with E-state index in [-0.39, 0.29) is 22.9 Å². The number of halogens is 4. The largest absolute Gasteiger partial charge is 0.444 e. The first-order chi connectivity index (χ1) is 12.3. The molecule has 0 saturated carbocycles. The Labute approximate surface area is 162 Å². The van der Waals surface area contributed by atoms with Gasteiger partial charge in [-0.15, -0.1) is 0 Å². The molecule has 2 heterocycles. The molecule has 0 N–H and O–H groups in total. The van der Waals surface area contributed by atoms with E-state index in [1.165, 1.54) is 0 Å². The van der Waals surface area contributed by atoms with Crippen molar-refractivity contribution in [1.29, 1.82) is 0 Å². The molecule has 5 nitrogen and oxygen atoms in total. The average molecular weight is 408 g/mol. The summed E-state index contributed by atoms with van der Waals surface area (Å²) in [5.74, 6) is 0.242. The summed E-state index contributed by atoms with van der Waals surface area (Å²) < 4.78 is 44.7. The van der Waals surface area contributed by atoms with Gasteiger partial charge in [0.15, 0.2) is 0 Å². The lowest BCUT2D eigenvalue weighted by atomic mass is 10.00. The zero-order valence-corrected chi connectivity index (χ0v) is 16.9. The smallest absolute Gasteiger partial charge is 0.416 e. The minimum Gasteiger partial charge on any atom is -0.444 e. The van der Waals surface area contributed by atoms with Crippen LogP contribution < -0.4 is 4.90 Å². The summed E-state index contributed by atoms with van der Waals surface area (Å²) in [6, 6.07) is 1.58. The fraction of sp³-hybridized carbons (Fsp3) is 0.667. The van der Waals surface area contributed by atoms with Crippen molar-refractivity contribution >= 4 is 23.5 Å². The average Bonchev–Trinajstić information content (AvgIpc) is 2.51. The number of rotatable bonds is 2. The zero-order chi connectivity index (χ0) is 20.6. The van der Waals surface area contributed by atoms with Crippen LogP contribution in [0, 0.1) is 5.92 Å². The van der Waals surface area contributed by atoms with E-state index in [1.54, 1.807) is 30.6 Å². The Hall–Kier alpha value is -1.70. The summed E-state index contributed by atoms with van der Waals surface area (Å²) in [6.07, 6.45) is -4.92. The molecule has 9 heteroatoms. The number of ether oxygens (including phenoxy) is 1. The number of carbonyl (C=O) groups is 1. The predicted octanol–water partition coefficient (Wildman–Crippen LogP) is 4.84. The van der Waals surface area contributed by atoms with Crippen LogP contribution in [0.25, 0.3) is 0 Å². The molecule has 0 aromatic carbocycles. The first kappa shape index (κ1) is 21.6. The summed E-state index contributed by atoms with van der Waals surface area (Å²) >= 11 is 5.80. The highest BCUT2D eigenvalue weighted by Gasteiger charge is 2.37. The molecule has 1 aliphatic heterocycles. The fourth-order valence-corrected chi connectivity index (χ4v) is 3.15. The Morgan fingerprint density at radius 3 is 2.41 bits per heavy atom. The first-order valence-electron chi connectivity index (χ1n) is 8.77. The SMILES string of the molecule is CC(C)C1CN(c2cc(C(F)(F)F)cc(Cl)n2)CCN1C(=O)OC(C)(C)C. The van der Waals surface area contributed by atoms with Crippen LogP contribution in [0.2, 0.25) is 5.15 Å². The van der Waals surface area contributed by atoms with Gasteiger partial charge in [-0.05, 0) is 38.8 Å². The second-order valence-corrected chi connectivity index (χ2v) is 8.35. The van der Waals surface area contributed by atoms with Gasteiger partial charge in [-0.25, -0.2) is 9.78 Å². The van der Waals surface area contributed by atoms with E-state index in [4.69, 9.17) is 16.3 Å². The number of amides is 1. The molecule has 0 radical (unpaired) electrons. The third kappa shape index (κ3) is 5.64. The number of aromatic nitrogens is 1. The van der Waals surface area contributed by atoms with Gasteiger partial charge in [0.05, 0.1) is 11.6 Å². The predicted molar refractivity (Wildman–Crippen MR) is 98.0 cm³/mol. The highest BCUT2D eigenvalue weighted by atomic mass is 35.5. The van der Waals surface area contributed by atoms with Gasteiger partial charge in [0.25, 0.3) is 0 Å². The minimum atomic E-state index is -4.50. The van der Waals surface area contributed by atoms with Crippen LogP contribution in [-0.2, 0) is 10.9 Å². The summed E-state index contributed by atoms with van der Waals surface area (Å²) in [7, 11) is 0. The Morgan fingerprint density at radius 1 is 1.26 bits per heavy atom. The maximum Gasteiger partial charge on any atom is 0.416 e. The number of alkyl halides is 3. The second-order valence-electron chi connectivity index (χ2n) is 7.97. The molecule has 1 aromatic heterocycles. The molecule has 1 saturated heterocycles. The van der Waals surface area contributed by atoms with E-state index >= 15 is 0 Å². The van der Waals surface area contributed by atoms with Crippen LogP contribution in [0.5, 0.6) is 0 Å². The number of piperazine rings is 1. The zero-order valence-electron chi connectivity index (χ0n) is 16.1. The maximum atomic E-state index is 13.1. The molecule has 27 heavy (non-hydrogen) atoms. The fourth-order valence-electron chi connectivity index (χ4n) is 2.94. The van der Waals surface area contributed by atoms with Crippen molar-refractivity contribution in [2.24, 2.45) is 5.92 Å². The summed E-state index contributed by atoms with van der Waals surface area (Å²) in [4.78, 5) is 19.9. The summed E-state index contributed by atoms with van der Waals surface area (Å²) in [6.45, 7) is 10.3. The van der Waals surface area contributed by atoms with Crippen LogP contribution in [0.15, 0.2) is 12.1 Å². The van der Waals surface area contributed by atoms with E-state index in [0.717, 1.165) is 12.1 Å². The molecule has 1 aromatic rings. The van der Waals surface area contributed by atoms with Crippen molar-refractivity contribution in [1.82, 2.24) is 9.88 Å². The first-order valence-corrected chi connectivity index (χ1v) is 9.15. The molecule has 1 fully saturated rings. The normalized spacial score (nSPS) is 18.8. The standard InChI is InChI=1S/C18H25ClF3N3O2/c1-11(2)13-10-24(6-7-25(13)16(26)27-17(3,4)5)15-9-12(18(20,21)22)8-14(19)23-15/h8-9,11,13H,6-7,10H2,1-5H3. The van der Waals surface area contributed by atoms with E-state index in [2.05, 4.69) is 4.98 Å². The Kier molecular flexibility index (Phi) is 6.19. The highest BCUT2D eigenvalue weighted by molar-refractivity contribution is 6.29. The van der Waals surface area contributed by atoms with Crippen molar-refractivity contribution in [2.75, 3.05) is 24.5 Å². The topological polar surface area (TPSA) is 45.7 Å². The van der Waals surface area contributed by atoms with E-state index in [9.17, 15) is 18.0 Å². The Balaban J connectivity index is 2.24. The van der Waals surface area contributed by atoms with E-state index in [0.29, 0.717) is 19.6 Å². The van der Waals surface area contributed by atoms with Crippen LogP contribution in [0.4, 0.5) is 23.8 Å². The molecular formula is C18H25ClF3N3O2. The van der Waals surface area contributed by atoms with Gasteiger partial charge in [-0.2, -0.15) is 13.2 Å². The molecule has 0 aliphatic carbocycles. The Bertz CT molecular complexity index is 689. The second kappa shape index (κ2) is 7.73. The van der Waals surface area contributed by atoms with E-state index < -0.39 is 23.4 Å². The van der Waals surface area contributed by atoms with Gasteiger partial charge in [-0.1, -0.05) is 25.4 Å². The minimum absolute atomic E-state index is 0.0848. The molecule has 1 unspecified atom stereocenters. The van der Waals surface area contributed by atoms with Gasteiger partial charge < -0.3 is 14.5 Å². The molecular weight excluding hydrogens is 383 g/mol. The molecule has 0 spiro atoms. The van der Waals surface area contributed by atoms with Gasteiger partial charge in [0, 0.05) is 19.6 Å². The number of hydrogen-bond donors (Lipinski definition) is 0. The molecule has 0 bridgehead atoms. The maximum absolute atomic E-state index is 13.1. The molecule has 2 rings (SSSR count). The van der Waals surface area contributed by atoms with Crippen LogP contribution in [0.1, 0.15) is 40.2 Å². The van der Waals surface area contributed by atoms with Gasteiger partial charge >= 0.3 is 12.3 Å². The monoisotopic (exact) mass is 407 g/mol. The molecule has 1 aliphatic rings. The van der Waals surface area contributed by atoms with Gasteiger partial charge in [-0.3, -0.25) is 0 Å². The molecule has 1 atom stereocenters. The van der Waals surface area contributed by atoms with E-state index in [1.807, 2.05) is 13.8 Å². The quantitative estimate of drug-likeness (QED) is 0.658. The highest BCUT2D eigenvalue weighted by Crippen LogP contribution is 2.33. The third-order valence-electron chi connectivity index (χ3n) is 4.25. The van der Waals surface area contributed by atoms with Crippen molar-refractivity contribution in [3.63, 3.8) is 0 Å². The number of carbonyl (C=O) groups excluding carboxylic acids is 1. The van der Waals surface area contributed by atoms with Gasteiger partial charge in [0.2, 0.25) is 0 Å². The number of pyridine rings is 1. The third-order valence-corrected chi connectivity index (χ3v) is 4.44. The lowest BCUT2D eigenvalue weighted by molar-refractivity contribution is -0.137. The van der Waals surface area contributed by atoms with Crippen molar-refractivity contribution in [3.05, 3.63) is 22.8 Å². The lowest BCUT2D eigenvalue weighted by Crippen LogP contribution is -2.58. The number of nitrogens with zero attached hydrogens (tertiary/aromatic N) is 3. The summed E-state index contributed by atoms with van der Waals surface area (Å²) in [5, 5.41) is -0.213. The van der Waals surface area contributed by atoms with Crippen LogP contribution in [0.3, 0.4) is 0 Å². The Morgan fingerprint density at radius 2 is 1.89 bits per heavy atom. The number of anilines is 1. The molecule has 1 amide bonds. The molecule has 152 valence electrons. The van der Waals surface area contributed by atoms with Crippen molar-refractivity contribution in [2.45, 2.75) is 52.4 Å². The lowest BCUT2D eigenvalue weighted by Gasteiger charge is -2.44. The van der Waals surface area contributed by atoms with Crippen LogP contribution >= 0.6 is 11.6 Å². The summed E-state index contributed by atoms with van der Waals surface area (Å²) in [5.41, 5.74) is -1.46. The number of hydrogen-bond acceptors (Lipinski definition) is 4. The van der Waals surface area contributed by atoms with Crippen LogP contribution in [-0.4, -0.2) is 47.3 Å².